The smallest absolute Gasteiger partial charge is 0.165 e. The van der Waals surface area contributed by atoms with Crippen LogP contribution in [0.2, 0.25) is 0 Å². The summed E-state index contributed by atoms with van der Waals surface area (Å²) in [6, 6.07) is 8.20. The fourth-order valence-electron chi connectivity index (χ4n) is 3.18. The van der Waals surface area contributed by atoms with Gasteiger partial charge in [-0.1, -0.05) is 0 Å². The Kier molecular flexibility index (Phi) is 5.11. The highest BCUT2D eigenvalue weighted by Crippen LogP contribution is 2.26. The van der Waals surface area contributed by atoms with Gasteiger partial charge in [-0.15, -0.1) is 12.4 Å². The van der Waals surface area contributed by atoms with E-state index in [-0.39, 0.29) is 12.4 Å². The van der Waals surface area contributed by atoms with Crippen molar-refractivity contribution in [1.82, 2.24) is 24.6 Å². The number of fused-ring (bicyclic) bond motifs is 1. The molecule has 0 saturated carbocycles. The molecule has 1 N–H and O–H groups in total. The highest BCUT2D eigenvalue weighted by molar-refractivity contribution is 5.85. The van der Waals surface area contributed by atoms with Crippen molar-refractivity contribution in [2.45, 2.75) is 26.4 Å². The Morgan fingerprint density at radius 3 is 2.92 bits per heavy atom. The number of methoxy groups -OCH3 is 1. The van der Waals surface area contributed by atoms with E-state index in [2.05, 4.69) is 38.6 Å². The number of halogens is 1. The van der Waals surface area contributed by atoms with Gasteiger partial charge in [0.15, 0.2) is 5.82 Å². The van der Waals surface area contributed by atoms with Crippen LogP contribution < -0.4 is 10.1 Å². The number of rotatable bonds is 3. The van der Waals surface area contributed by atoms with Crippen LogP contribution in [0.25, 0.3) is 17.2 Å². The van der Waals surface area contributed by atoms with Gasteiger partial charge in [0.2, 0.25) is 0 Å². The lowest BCUT2D eigenvalue weighted by Gasteiger charge is -2.11. The zero-order valence-corrected chi connectivity index (χ0v) is 15.2. The monoisotopic (exact) mass is 359 g/mol. The summed E-state index contributed by atoms with van der Waals surface area (Å²) in [5, 5.41) is 8.20. The molecule has 7 heteroatoms. The van der Waals surface area contributed by atoms with Crippen LogP contribution in [0.3, 0.4) is 0 Å². The molecule has 0 radical (unpaired) electrons. The molecule has 0 fully saturated rings. The number of nitrogens with one attached hydrogen (secondary N) is 1. The van der Waals surface area contributed by atoms with Crippen LogP contribution in [0.1, 0.15) is 17.7 Å². The third kappa shape index (κ3) is 3.27. The molecule has 1 aromatic carbocycles. The van der Waals surface area contributed by atoms with Gasteiger partial charge in [0, 0.05) is 25.5 Å². The lowest BCUT2D eigenvalue weighted by molar-refractivity contribution is 0.414. The van der Waals surface area contributed by atoms with E-state index in [0.717, 1.165) is 54.6 Å². The summed E-state index contributed by atoms with van der Waals surface area (Å²) in [6.07, 6.45) is 4.90. The minimum absolute atomic E-state index is 0. The summed E-state index contributed by atoms with van der Waals surface area (Å²) < 4.78 is 9.48. The van der Waals surface area contributed by atoms with Crippen molar-refractivity contribution in [3.8, 4) is 23.0 Å². The Morgan fingerprint density at radius 2 is 2.12 bits per heavy atom. The molecule has 132 valence electrons. The summed E-state index contributed by atoms with van der Waals surface area (Å²) in [6.45, 7) is 4.92. The summed E-state index contributed by atoms with van der Waals surface area (Å²) in [5.41, 5.74) is 4.35. The average Bonchev–Trinajstić information content (AvgIpc) is 3.17. The molecular weight excluding hydrogens is 338 g/mol. The summed E-state index contributed by atoms with van der Waals surface area (Å²) >= 11 is 0. The van der Waals surface area contributed by atoms with Crippen molar-refractivity contribution < 1.29 is 4.74 Å². The van der Waals surface area contributed by atoms with E-state index in [1.54, 1.807) is 7.11 Å². The second kappa shape index (κ2) is 7.29. The first-order chi connectivity index (χ1) is 11.8. The minimum Gasteiger partial charge on any atom is -0.497 e. The Bertz CT molecular complexity index is 847. The maximum atomic E-state index is 5.30. The van der Waals surface area contributed by atoms with Crippen molar-refractivity contribution in [2.24, 2.45) is 0 Å². The van der Waals surface area contributed by atoms with E-state index in [9.17, 15) is 0 Å². The highest BCUT2D eigenvalue weighted by Gasteiger charge is 2.16. The number of hydrogen-bond donors (Lipinski definition) is 1. The van der Waals surface area contributed by atoms with Gasteiger partial charge in [0.05, 0.1) is 18.5 Å². The first-order valence-electron chi connectivity index (χ1n) is 8.22. The second-order valence-electron chi connectivity index (χ2n) is 6.05. The molecule has 0 saturated heterocycles. The van der Waals surface area contributed by atoms with Gasteiger partial charge in [-0.25, -0.2) is 4.98 Å². The lowest BCUT2D eigenvalue weighted by atomic mass is 10.2. The fourth-order valence-corrected chi connectivity index (χ4v) is 3.18. The Hall–Kier alpha value is -2.31. The number of imidazole rings is 1. The molecule has 0 bridgehead atoms. The van der Waals surface area contributed by atoms with E-state index >= 15 is 0 Å². The first kappa shape index (κ1) is 17.5. The van der Waals surface area contributed by atoms with Gasteiger partial charge in [-0.2, -0.15) is 5.10 Å². The largest absolute Gasteiger partial charge is 0.497 e. The number of aryl methyl sites for hydroxylation is 2. The van der Waals surface area contributed by atoms with Crippen LogP contribution in [-0.4, -0.2) is 33.0 Å². The number of benzene rings is 1. The topological polar surface area (TPSA) is 56.9 Å². The molecule has 0 unspecified atom stereocenters. The van der Waals surface area contributed by atoms with Crippen molar-refractivity contribution >= 4 is 12.4 Å². The van der Waals surface area contributed by atoms with Crippen molar-refractivity contribution in [3.63, 3.8) is 0 Å². The third-order valence-electron chi connectivity index (χ3n) is 4.43. The predicted molar refractivity (Wildman–Crippen MR) is 99.6 cm³/mol. The zero-order valence-electron chi connectivity index (χ0n) is 14.4. The van der Waals surface area contributed by atoms with Gasteiger partial charge in [0.25, 0.3) is 0 Å². The van der Waals surface area contributed by atoms with Gasteiger partial charge < -0.3 is 10.1 Å². The van der Waals surface area contributed by atoms with Crippen LogP contribution in [0, 0.1) is 6.92 Å². The maximum absolute atomic E-state index is 5.30. The van der Waals surface area contributed by atoms with Crippen LogP contribution in [0.5, 0.6) is 5.75 Å². The number of nitrogens with zero attached hydrogens (tertiary/aromatic N) is 4. The van der Waals surface area contributed by atoms with Crippen LogP contribution >= 0.6 is 12.4 Å². The van der Waals surface area contributed by atoms with Crippen molar-refractivity contribution in [2.75, 3.05) is 13.7 Å². The Balaban J connectivity index is 0.00000182. The third-order valence-corrected chi connectivity index (χ3v) is 4.43. The Morgan fingerprint density at radius 1 is 1.24 bits per heavy atom. The quantitative estimate of drug-likeness (QED) is 0.781. The van der Waals surface area contributed by atoms with Crippen LogP contribution in [0.15, 0.2) is 36.7 Å². The Labute approximate surface area is 153 Å². The number of ether oxygens (including phenoxy) is 1. The van der Waals surface area contributed by atoms with Gasteiger partial charge in [-0.05, 0) is 49.7 Å². The number of aromatic nitrogens is 4. The maximum Gasteiger partial charge on any atom is 0.165 e. The standard InChI is InChI=1S/C18H21N5O.ClH/c1-13-10-15(24-2)4-5-17(13)22-9-7-20-18(22)16-11-14-12-19-6-3-8-23(14)21-16;/h4-5,7,9-11,19H,3,6,8,12H2,1-2H3;1H. The predicted octanol–water partition coefficient (Wildman–Crippen LogP) is 2.97. The minimum atomic E-state index is 0. The summed E-state index contributed by atoms with van der Waals surface area (Å²) in [7, 11) is 1.68. The molecular formula is C18H22ClN5O. The normalized spacial score (nSPS) is 13.7. The van der Waals surface area contributed by atoms with E-state index in [0.29, 0.717) is 0 Å². The van der Waals surface area contributed by atoms with Gasteiger partial charge in [-0.3, -0.25) is 9.25 Å². The van der Waals surface area contributed by atoms with E-state index in [1.165, 1.54) is 5.69 Å². The molecule has 3 heterocycles. The molecule has 6 nitrogen and oxygen atoms in total. The molecule has 2 aromatic heterocycles. The molecule has 4 rings (SSSR count). The SMILES string of the molecule is COc1ccc(-n2ccnc2-c2cc3n(n2)CCCNC3)c(C)c1.Cl. The number of hydrogen-bond acceptors (Lipinski definition) is 4. The van der Waals surface area contributed by atoms with Crippen LogP contribution in [-0.2, 0) is 13.1 Å². The molecule has 1 aliphatic rings. The van der Waals surface area contributed by atoms with E-state index in [1.807, 2.05) is 24.5 Å². The molecule has 0 amide bonds. The summed E-state index contributed by atoms with van der Waals surface area (Å²) in [4.78, 5) is 4.55. The van der Waals surface area contributed by atoms with Crippen molar-refractivity contribution in [3.05, 3.63) is 47.9 Å². The molecule has 0 atom stereocenters. The second-order valence-corrected chi connectivity index (χ2v) is 6.05. The van der Waals surface area contributed by atoms with Crippen molar-refractivity contribution in [1.29, 1.82) is 0 Å². The zero-order chi connectivity index (χ0) is 16.5. The highest BCUT2D eigenvalue weighted by atomic mass is 35.5. The van der Waals surface area contributed by atoms with E-state index in [4.69, 9.17) is 9.84 Å². The van der Waals surface area contributed by atoms with Gasteiger partial charge in [0.1, 0.15) is 11.4 Å². The van der Waals surface area contributed by atoms with Crippen LogP contribution in [0.4, 0.5) is 0 Å². The molecule has 25 heavy (non-hydrogen) atoms. The average molecular weight is 360 g/mol. The lowest BCUT2D eigenvalue weighted by Crippen LogP contribution is -2.11. The molecule has 3 aromatic rings. The summed E-state index contributed by atoms with van der Waals surface area (Å²) in [5.74, 6) is 1.72. The molecule has 0 spiro atoms. The first-order valence-corrected chi connectivity index (χ1v) is 8.22. The van der Waals surface area contributed by atoms with E-state index < -0.39 is 0 Å². The molecule has 1 aliphatic heterocycles. The van der Waals surface area contributed by atoms with Gasteiger partial charge >= 0.3 is 0 Å². The fraction of sp³-hybridized carbons (Fsp3) is 0.333. The molecule has 0 aliphatic carbocycles.